The van der Waals surface area contributed by atoms with Crippen LogP contribution in [0.1, 0.15) is 41.5 Å². The molecule has 0 saturated carbocycles. The molecule has 0 aromatic rings. The quantitative estimate of drug-likeness (QED) is 0.608. The second kappa shape index (κ2) is 7.80. The van der Waals surface area contributed by atoms with E-state index in [1.54, 1.807) is 0 Å². The van der Waals surface area contributed by atoms with Crippen molar-refractivity contribution in [1.82, 2.24) is 5.32 Å². The summed E-state index contributed by atoms with van der Waals surface area (Å²) >= 11 is 0. The van der Waals surface area contributed by atoms with Gasteiger partial charge in [-0.15, -0.1) is 0 Å². The standard InChI is InChI=1S/C8H15N.C2H6.H2/c1-2-9-8-6-4-3-5-7-8;1-2;/h3-4,8-9H,2,5-7H2,1H3;1-2H3;1H. The Morgan fingerprint density at radius 3 is 2.64 bits per heavy atom. The SMILES string of the molecule is CC.CCNC1CC=CCC1.[HH]. The van der Waals surface area contributed by atoms with Gasteiger partial charge in [0.05, 0.1) is 0 Å². The molecule has 1 aliphatic carbocycles. The van der Waals surface area contributed by atoms with Crippen LogP contribution < -0.4 is 5.32 Å². The van der Waals surface area contributed by atoms with E-state index in [1.807, 2.05) is 13.8 Å². The van der Waals surface area contributed by atoms with E-state index in [4.69, 9.17) is 0 Å². The van der Waals surface area contributed by atoms with Crippen LogP contribution in [0, 0.1) is 0 Å². The topological polar surface area (TPSA) is 12.0 Å². The fourth-order valence-corrected chi connectivity index (χ4v) is 1.27. The second-order valence-corrected chi connectivity index (χ2v) is 2.54. The zero-order chi connectivity index (χ0) is 8.53. The first-order chi connectivity index (χ1) is 5.43. The number of hydrogen-bond donors (Lipinski definition) is 1. The smallest absolute Gasteiger partial charge is 0.0104 e. The molecule has 0 amide bonds. The van der Waals surface area contributed by atoms with Crippen LogP contribution >= 0.6 is 0 Å². The Hall–Kier alpha value is -0.300. The average Bonchev–Trinajstić information content (AvgIpc) is 2.11. The van der Waals surface area contributed by atoms with Crippen molar-refractivity contribution in [3.8, 4) is 0 Å². The lowest BCUT2D eigenvalue weighted by Crippen LogP contribution is -2.29. The van der Waals surface area contributed by atoms with Crippen LogP contribution in [0.4, 0.5) is 0 Å². The molecule has 1 aliphatic rings. The van der Waals surface area contributed by atoms with E-state index in [1.165, 1.54) is 19.3 Å². The third kappa shape index (κ3) is 5.02. The summed E-state index contributed by atoms with van der Waals surface area (Å²) in [6, 6.07) is 0.764. The lowest BCUT2D eigenvalue weighted by atomic mass is 10.0. The largest absolute Gasteiger partial charge is 0.314 e. The summed E-state index contributed by atoms with van der Waals surface area (Å²) in [7, 11) is 0. The zero-order valence-corrected chi connectivity index (χ0v) is 8.06. The molecule has 68 valence electrons. The van der Waals surface area contributed by atoms with Gasteiger partial charge in [-0.3, -0.25) is 0 Å². The van der Waals surface area contributed by atoms with Crippen LogP contribution in [0.2, 0.25) is 0 Å². The van der Waals surface area contributed by atoms with Crippen molar-refractivity contribution in [2.75, 3.05) is 6.54 Å². The minimum absolute atomic E-state index is 0. The van der Waals surface area contributed by atoms with Crippen LogP contribution in [-0.4, -0.2) is 12.6 Å². The first kappa shape index (κ1) is 10.7. The summed E-state index contributed by atoms with van der Waals surface area (Å²) in [4.78, 5) is 0. The molecule has 0 saturated heterocycles. The summed E-state index contributed by atoms with van der Waals surface area (Å²) in [5.74, 6) is 0. The summed E-state index contributed by atoms with van der Waals surface area (Å²) in [5.41, 5.74) is 0. The molecule has 0 aromatic heterocycles. The first-order valence-corrected chi connectivity index (χ1v) is 4.82. The van der Waals surface area contributed by atoms with Gasteiger partial charge in [0.2, 0.25) is 0 Å². The van der Waals surface area contributed by atoms with Crippen molar-refractivity contribution < 1.29 is 1.43 Å². The minimum atomic E-state index is 0. The molecule has 1 rings (SSSR count). The fraction of sp³-hybridized carbons (Fsp3) is 0.800. The molecule has 1 N–H and O–H groups in total. The van der Waals surface area contributed by atoms with Gasteiger partial charge in [0, 0.05) is 7.47 Å². The summed E-state index contributed by atoms with van der Waals surface area (Å²) in [5, 5.41) is 3.43. The number of hydrogen-bond acceptors (Lipinski definition) is 1. The molecule has 11 heavy (non-hydrogen) atoms. The Kier molecular flexibility index (Phi) is 7.59. The van der Waals surface area contributed by atoms with E-state index in [0.29, 0.717) is 0 Å². The molecule has 0 fully saturated rings. The van der Waals surface area contributed by atoms with Crippen LogP contribution in [0.3, 0.4) is 0 Å². The molecular formula is C10H23N. The van der Waals surface area contributed by atoms with Gasteiger partial charge in [-0.05, 0) is 25.8 Å². The van der Waals surface area contributed by atoms with E-state index < -0.39 is 0 Å². The van der Waals surface area contributed by atoms with Crippen molar-refractivity contribution in [2.24, 2.45) is 0 Å². The molecule has 1 atom stereocenters. The Balaban J connectivity index is 0. The Bertz CT molecular complexity index is 102. The van der Waals surface area contributed by atoms with Crippen molar-refractivity contribution in [3.05, 3.63) is 12.2 Å². The van der Waals surface area contributed by atoms with E-state index in [0.717, 1.165) is 12.6 Å². The molecule has 1 unspecified atom stereocenters. The summed E-state index contributed by atoms with van der Waals surface area (Å²) in [6.07, 6.45) is 8.36. The molecule has 1 heteroatoms. The Labute approximate surface area is 72.4 Å². The van der Waals surface area contributed by atoms with Gasteiger partial charge in [0.15, 0.2) is 0 Å². The first-order valence-electron chi connectivity index (χ1n) is 4.82. The van der Waals surface area contributed by atoms with Gasteiger partial charge in [0.1, 0.15) is 0 Å². The normalized spacial score (nSPS) is 22.3. The van der Waals surface area contributed by atoms with Crippen molar-refractivity contribution in [3.63, 3.8) is 0 Å². The van der Waals surface area contributed by atoms with Gasteiger partial charge in [0.25, 0.3) is 0 Å². The lowest BCUT2D eigenvalue weighted by Gasteiger charge is -2.17. The predicted molar refractivity (Wildman–Crippen MR) is 53.9 cm³/mol. The molecule has 0 bridgehead atoms. The summed E-state index contributed by atoms with van der Waals surface area (Å²) < 4.78 is 0. The van der Waals surface area contributed by atoms with E-state index in [-0.39, 0.29) is 1.43 Å². The third-order valence-electron chi connectivity index (χ3n) is 1.76. The Morgan fingerprint density at radius 1 is 1.45 bits per heavy atom. The van der Waals surface area contributed by atoms with E-state index in [2.05, 4.69) is 24.4 Å². The van der Waals surface area contributed by atoms with Gasteiger partial charge in [-0.25, -0.2) is 0 Å². The van der Waals surface area contributed by atoms with Gasteiger partial charge < -0.3 is 5.32 Å². The molecule has 0 heterocycles. The molecule has 0 spiro atoms. The minimum Gasteiger partial charge on any atom is -0.314 e. The fourth-order valence-electron chi connectivity index (χ4n) is 1.27. The van der Waals surface area contributed by atoms with Gasteiger partial charge in [-0.2, -0.15) is 0 Å². The average molecular weight is 157 g/mol. The maximum absolute atomic E-state index is 3.43. The van der Waals surface area contributed by atoms with Gasteiger partial charge >= 0.3 is 0 Å². The van der Waals surface area contributed by atoms with Crippen LogP contribution in [0.5, 0.6) is 0 Å². The third-order valence-corrected chi connectivity index (χ3v) is 1.76. The van der Waals surface area contributed by atoms with E-state index in [9.17, 15) is 0 Å². The highest BCUT2D eigenvalue weighted by Crippen LogP contribution is 2.09. The second-order valence-electron chi connectivity index (χ2n) is 2.54. The molecule has 0 radical (unpaired) electrons. The van der Waals surface area contributed by atoms with Gasteiger partial charge in [-0.1, -0.05) is 32.9 Å². The number of nitrogens with one attached hydrogen (secondary N) is 1. The van der Waals surface area contributed by atoms with Crippen molar-refractivity contribution >= 4 is 0 Å². The zero-order valence-electron chi connectivity index (χ0n) is 8.06. The number of allylic oxidation sites excluding steroid dienone is 1. The van der Waals surface area contributed by atoms with E-state index >= 15 is 0 Å². The molecule has 1 nitrogen and oxygen atoms in total. The Morgan fingerprint density at radius 2 is 2.18 bits per heavy atom. The van der Waals surface area contributed by atoms with Crippen LogP contribution in [-0.2, 0) is 0 Å². The molecule has 0 aliphatic heterocycles. The highest BCUT2D eigenvalue weighted by atomic mass is 14.9. The summed E-state index contributed by atoms with van der Waals surface area (Å²) in [6.45, 7) is 7.27. The maximum atomic E-state index is 3.43. The van der Waals surface area contributed by atoms with Crippen molar-refractivity contribution in [2.45, 2.75) is 46.1 Å². The van der Waals surface area contributed by atoms with Crippen LogP contribution in [0.15, 0.2) is 12.2 Å². The maximum Gasteiger partial charge on any atom is 0.0104 e. The monoisotopic (exact) mass is 157 g/mol. The number of rotatable bonds is 2. The lowest BCUT2D eigenvalue weighted by molar-refractivity contribution is 0.488. The molecule has 0 aromatic carbocycles. The highest BCUT2D eigenvalue weighted by Gasteiger charge is 2.05. The van der Waals surface area contributed by atoms with Crippen LogP contribution in [0.25, 0.3) is 0 Å². The predicted octanol–water partition coefficient (Wildman–Crippen LogP) is 2.98. The van der Waals surface area contributed by atoms with Crippen molar-refractivity contribution in [1.29, 1.82) is 0 Å². The highest BCUT2D eigenvalue weighted by molar-refractivity contribution is 4.92. The molecular weight excluding hydrogens is 134 g/mol.